The number of H-pyrrole nitrogens is 1. The fourth-order valence-electron chi connectivity index (χ4n) is 2.59. The summed E-state index contributed by atoms with van der Waals surface area (Å²) in [5, 5.41) is 3.29. The fourth-order valence-corrected chi connectivity index (χ4v) is 2.59. The first kappa shape index (κ1) is 15.8. The number of ether oxygens (including phenoxy) is 1. The second kappa shape index (κ2) is 6.58. The average molecular weight is 322 g/mol. The molecule has 1 aromatic heterocycles. The molecule has 0 fully saturated rings. The number of amides is 1. The number of para-hydroxylation sites is 1. The maximum atomic E-state index is 12.5. The number of aromatic amines is 1. The Morgan fingerprint density at radius 1 is 1.17 bits per heavy atom. The Bertz CT molecular complexity index is 943. The molecule has 1 heterocycles. The zero-order valence-corrected chi connectivity index (χ0v) is 13.6. The minimum atomic E-state index is -0.393. The second-order valence-electron chi connectivity index (χ2n) is 5.56. The van der Waals surface area contributed by atoms with E-state index in [1.54, 1.807) is 13.2 Å². The highest BCUT2D eigenvalue weighted by molar-refractivity contribution is 5.97. The van der Waals surface area contributed by atoms with Crippen LogP contribution in [0.2, 0.25) is 0 Å². The fraction of sp³-hybridized carbons (Fsp3) is 0.158. The van der Waals surface area contributed by atoms with Crippen LogP contribution in [0.3, 0.4) is 0 Å². The molecule has 1 amide bonds. The number of methoxy groups -OCH3 is 1. The summed E-state index contributed by atoms with van der Waals surface area (Å²) >= 11 is 0. The first-order chi connectivity index (χ1) is 11.6. The lowest BCUT2D eigenvalue weighted by atomic mass is 10.1. The average Bonchev–Trinajstić information content (AvgIpc) is 2.61. The summed E-state index contributed by atoms with van der Waals surface area (Å²) in [7, 11) is 1.60. The van der Waals surface area contributed by atoms with Gasteiger partial charge in [0.2, 0.25) is 5.43 Å². The van der Waals surface area contributed by atoms with Crippen LogP contribution in [0.4, 0.5) is 0 Å². The Kier molecular flexibility index (Phi) is 4.33. The van der Waals surface area contributed by atoms with E-state index in [9.17, 15) is 9.59 Å². The molecule has 3 rings (SSSR count). The number of carbonyl (C=O) groups is 1. The van der Waals surface area contributed by atoms with Crippen LogP contribution in [-0.4, -0.2) is 18.0 Å². The monoisotopic (exact) mass is 322 g/mol. The zero-order chi connectivity index (χ0) is 17.1. The molecule has 0 unspecified atom stereocenters. The molecule has 0 aliphatic carbocycles. The van der Waals surface area contributed by atoms with Crippen LogP contribution in [0.25, 0.3) is 10.9 Å². The van der Waals surface area contributed by atoms with Gasteiger partial charge in [-0.15, -0.1) is 0 Å². The van der Waals surface area contributed by atoms with Crippen molar-refractivity contribution in [2.24, 2.45) is 0 Å². The van der Waals surface area contributed by atoms with Gasteiger partial charge in [-0.1, -0.05) is 24.3 Å². The van der Waals surface area contributed by atoms with Gasteiger partial charge in [0.15, 0.2) is 0 Å². The third-order valence-corrected chi connectivity index (χ3v) is 3.98. The quantitative estimate of drug-likeness (QED) is 0.776. The van der Waals surface area contributed by atoms with Gasteiger partial charge in [0.1, 0.15) is 11.3 Å². The third-order valence-electron chi connectivity index (χ3n) is 3.98. The molecule has 0 saturated carbocycles. The van der Waals surface area contributed by atoms with Gasteiger partial charge >= 0.3 is 0 Å². The zero-order valence-electron chi connectivity index (χ0n) is 13.6. The Labute approximate surface area is 139 Å². The van der Waals surface area contributed by atoms with Crippen molar-refractivity contribution in [3.05, 3.63) is 75.6 Å². The van der Waals surface area contributed by atoms with Gasteiger partial charge in [-0.25, -0.2) is 0 Å². The molecule has 0 atom stereocenters. The highest BCUT2D eigenvalue weighted by atomic mass is 16.5. The van der Waals surface area contributed by atoms with Crippen LogP contribution in [0, 0.1) is 6.92 Å². The smallest absolute Gasteiger partial charge is 0.257 e. The normalized spacial score (nSPS) is 10.6. The van der Waals surface area contributed by atoms with E-state index >= 15 is 0 Å². The molecule has 0 saturated heterocycles. The van der Waals surface area contributed by atoms with E-state index < -0.39 is 5.91 Å². The van der Waals surface area contributed by atoms with Crippen molar-refractivity contribution in [3.63, 3.8) is 0 Å². The molecule has 0 bridgehead atoms. The molecule has 3 aromatic rings. The van der Waals surface area contributed by atoms with Crippen LogP contribution in [0.5, 0.6) is 5.75 Å². The predicted octanol–water partition coefficient (Wildman–Crippen LogP) is 2.78. The van der Waals surface area contributed by atoms with Crippen molar-refractivity contribution in [2.45, 2.75) is 13.5 Å². The number of pyridine rings is 1. The Hall–Kier alpha value is -3.08. The molecule has 0 spiro atoms. The molecule has 2 N–H and O–H groups in total. The largest absolute Gasteiger partial charge is 0.497 e. The number of carbonyl (C=O) groups excluding carboxylic acids is 1. The van der Waals surface area contributed by atoms with Crippen LogP contribution in [0.1, 0.15) is 21.5 Å². The molecule has 2 aromatic carbocycles. The molecule has 122 valence electrons. The highest BCUT2D eigenvalue weighted by Gasteiger charge is 2.13. The molecule has 0 aliphatic heterocycles. The Morgan fingerprint density at radius 3 is 2.62 bits per heavy atom. The summed E-state index contributed by atoms with van der Waals surface area (Å²) in [4.78, 5) is 27.9. The second-order valence-corrected chi connectivity index (χ2v) is 5.56. The standard InChI is InChI=1S/C19H18N2O3/c1-12-4-3-5-15-17(12)20-11-16(18(15)22)19(23)21-10-13-6-8-14(24-2)9-7-13/h3-9,11H,10H2,1-2H3,(H,20,22)(H,21,23). The van der Waals surface area contributed by atoms with Gasteiger partial charge in [0, 0.05) is 18.1 Å². The van der Waals surface area contributed by atoms with E-state index in [1.165, 1.54) is 6.20 Å². The first-order valence-corrected chi connectivity index (χ1v) is 7.62. The van der Waals surface area contributed by atoms with Crippen LogP contribution in [0.15, 0.2) is 53.5 Å². The van der Waals surface area contributed by atoms with Gasteiger partial charge < -0.3 is 15.0 Å². The summed E-state index contributed by atoms with van der Waals surface area (Å²) in [6, 6.07) is 12.8. The highest BCUT2D eigenvalue weighted by Crippen LogP contribution is 2.13. The minimum Gasteiger partial charge on any atom is -0.497 e. The van der Waals surface area contributed by atoms with E-state index in [0.717, 1.165) is 22.4 Å². The lowest BCUT2D eigenvalue weighted by molar-refractivity contribution is 0.0949. The van der Waals surface area contributed by atoms with E-state index in [-0.39, 0.29) is 11.0 Å². The number of hydrogen-bond donors (Lipinski definition) is 2. The number of benzene rings is 2. The molecular weight excluding hydrogens is 304 g/mol. The lowest BCUT2D eigenvalue weighted by Gasteiger charge is -2.08. The van der Waals surface area contributed by atoms with Crippen molar-refractivity contribution in [1.82, 2.24) is 10.3 Å². The van der Waals surface area contributed by atoms with Crippen molar-refractivity contribution in [1.29, 1.82) is 0 Å². The van der Waals surface area contributed by atoms with E-state index in [0.29, 0.717) is 11.9 Å². The third kappa shape index (κ3) is 3.01. The van der Waals surface area contributed by atoms with Crippen LogP contribution in [-0.2, 0) is 6.54 Å². The Balaban J connectivity index is 1.81. The summed E-state index contributed by atoms with van der Waals surface area (Å²) in [6.07, 6.45) is 1.47. The molecular formula is C19H18N2O3. The summed E-state index contributed by atoms with van der Waals surface area (Å²) in [5.41, 5.74) is 2.50. The maximum absolute atomic E-state index is 12.5. The van der Waals surface area contributed by atoms with Crippen molar-refractivity contribution in [3.8, 4) is 5.75 Å². The maximum Gasteiger partial charge on any atom is 0.257 e. The molecule has 0 aliphatic rings. The lowest BCUT2D eigenvalue weighted by Crippen LogP contribution is -2.28. The Morgan fingerprint density at radius 2 is 1.92 bits per heavy atom. The van der Waals surface area contributed by atoms with E-state index in [1.807, 2.05) is 43.3 Å². The number of aromatic nitrogens is 1. The molecule has 5 heteroatoms. The van der Waals surface area contributed by atoms with Gasteiger partial charge in [0.05, 0.1) is 12.6 Å². The van der Waals surface area contributed by atoms with Crippen LogP contribution >= 0.6 is 0 Å². The van der Waals surface area contributed by atoms with Gasteiger partial charge in [0.25, 0.3) is 5.91 Å². The summed E-state index contributed by atoms with van der Waals surface area (Å²) in [6.45, 7) is 2.26. The van der Waals surface area contributed by atoms with Gasteiger partial charge in [-0.2, -0.15) is 0 Å². The van der Waals surface area contributed by atoms with Crippen molar-refractivity contribution >= 4 is 16.8 Å². The summed E-state index contributed by atoms with van der Waals surface area (Å²) < 4.78 is 5.10. The first-order valence-electron chi connectivity index (χ1n) is 7.62. The summed E-state index contributed by atoms with van der Waals surface area (Å²) in [5.74, 6) is 0.363. The number of fused-ring (bicyclic) bond motifs is 1. The van der Waals surface area contributed by atoms with Crippen molar-refractivity contribution in [2.75, 3.05) is 7.11 Å². The number of rotatable bonds is 4. The van der Waals surface area contributed by atoms with Gasteiger partial charge in [-0.3, -0.25) is 9.59 Å². The number of nitrogens with one attached hydrogen (secondary N) is 2. The van der Waals surface area contributed by atoms with E-state index in [2.05, 4.69) is 10.3 Å². The topological polar surface area (TPSA) is 71.2 Å². The van der Waals surface area contributed by atoms with E-state index in [4.69, 9.17) is 4.74 Å². The molecule has 24 heavy (non-hydrogen) atoms. The molecule has 0 radical (unpaired) electrons. The number of aryl methyl sites for hydroxylation is 1. The molecule has 5 nitrogen and oxygen atoms in total. The van der Waals surface area contributed by atoms with Gasteiger partial charge in [-0.05, 0) is 36.2 Å². The SMILES string of the molecule is COc1ccc(CNC(=O)c2c[nH]c3c(C)cccc3c2=O)cc1. The minimum absolute atomic E-state index is 0.113. The van der Waals surface area contributed by atoms with Crippen LogP contribution < -0.4 is 15.5 Å². The van der Waals surface area contributed by atoms with Crippen molar-refractivity contribution < 1.29 is 9.53 Å². The number of hydrogen-bond acceptors (Lipinski definition) is 3. The predicted molar refractivity (Wildman–Crippen MR) is 93.5 cm³/mol.